The predicted octanol–water partition coefficient (Wildman–Crippen LogP) is 3.35. The Balaban J connectivity index is 3.03. The van der Waals surface area contributed by atoms with Crippen LogP contribution in [0.2, 0.25) is 10.4 Å². The summed E-state index contributed by atoms with van der Waals surface area (Å²) in [4.78, 5) is 6.82. The number of fused-ring (bicyclic) bond motifs is 1. The van der Waals surface area contributed by atoms with Crippen LogP contribution in [-0.4, -0.2) is 9.97 Å². The molecule has 0 aliphatic heterocycles. The molecule has 0 atom stereocenters. The SMILES string of the molecule is Fc1cc(F)c2nc(Cl)nc(Cl)c2c1F. The van der Waals surface area contributed by atoms with Crippen molar-refractivity contribution in [3.63, 3.8) is 0 Å². The summed E-state index contributed by atoms with van der Waals surface area (Å²) in [6.45, 7) is 0. The number of hydrogen-bond donors (Lipinski definition) is 0. The molecule has 0 saturated carbocycles. The molecule has 0 aliphatic rings. The zero-order chi connectivity index (χ0) is 11.2. The topological polar surface area (TPSA) is 25.8 Å². The third kappa shape index (κ3) is 1.61. The zero-order valence-electron chi connectivity index (χ0n) is 6.86. The van der Waals surface area contributed by atoms with E-state index in [1.165, 1.54) is 0 Å². The van der Waals surface area contributed by atoms with Crippen LogP contribution >= 0.6 is 23.2 Å². The smallest absolute Gasteiger partial charge is 0.215 e. The van der Waals surface area contributed by atoms with Gasteiger partial charge in [-0.1, -0.05) is 11.6 Å². The fourth-order valence-electron chi connectivity index (χ4n) is 1.14. The van der Waals surface area contributed by atoms with Gasteiger partial charge in [0.1, 0.15) is 10.7 Å². The molecule has 78 valence electrons. The van der Waals surface area contributed by atoms with Gasteiger partial charge in [-0.25, -0.2) is 23.1 Å². The van der Waals surface area contributed by atoms with Gasteiger partial charge < -0.3 is 0 Å². The zero-order valence-corrected chi connectivity index (χ0v) is 8.37. The van der Waals surface area contributed by atoms with E-state index in [2.05, 4.69) is 9.97 Å². The first-order chi connectivity index (χ1) is 7.00. The van der Waals surface area contributed by atoms with Crippen molar-refractivity contribution in [3.05, 3.63) is 34.0 Å². The normalized spacial score (nSPS) is 11.0. The van der Waals surface area contributed by atoms with Crippen LogP contribution in [0.5, 0.6) is 0 Å². The Morgan fingerprint density at radius 2 is 1.67 bits per heavy atom. The minimum atomic E-state index is -1.35. The fraction of sp³-hybridized carbons (Fsp3) is 0. The Morgan fingerprint density at radius 3 is 2.33 bits per heavy atom. The highest BCUT2D eigenvalue weighted by Gasteiger charge is 2.17. The molecule has 0 aliphatic carbocycles. The number of hydrogen-bond acceptors (Lipinski definition) is 2. The number of benzene rings is 1. The standard InChI is InChI=1S/C8HCl2F3N2/c9-7-4-5(13)2(11)1-3(12)6(4)14-8(10)15-7/h1H. The van der Waals surface area contributed by atoms with Crippen molar-refractivity contribution in [2.45, 2.75) is 0 Å². The average Bonchev–Trinajstić information content (AvgIpc) is 2.13. The molecule has 0 radical (unpaired) electrons. The van der Waals surface area contributed by atoms with E-state index in [1.807, 2.05) is 0 Å². The van der Waals surface area contributed by atoms with Crippen LogP contribution in [0.4, 0.5) is 13.2 Å². The van der Waals surface area contributed by atoms with Crippen LogP contribution in [0.3, 0.4) is 0 Å². The summed E-state index contributed by atoms with van der Waals surface area (Å²) in [7, 11) is 0. The third-order valence-corrected chi connectivity index (χ3v) is 2.19. The predicted molar refractivity (Wildman–Crippen MR) is 49.4 cm³/mol. The highest BCUT2D eigenvalue weighted by molar-refractivity contribution is 6.35. The lowest BCUT2D eigenvalue weighted by molar-refractivity contribution is 0.505. The molecule has 1 aromatic heterocycles. The summed E-state index contributed by atoms with van der Waals surface area (Å²) < 4.78 is 39.2. The number of nitrogens with zero attached hydrogens (tertiary/aromatic N) is 2. The molecule has 2 rings (SSSR count). The molecule has 0 saturated heterocycles. The largest absolute Gasteiger partial charge is 0.224 e. The van der Waals surface area contributed by atoms with Crippen molar-refractivity contribution in [3.8, 4) is 0 Å². The molecular formula is C8HCl2F3N2. The maximum atomic E-state index is 13.2. The molecule has 0 amide bonds. The molecule has 1 aromatic carbocycles. The number of aromatic nitrogens is 2. The lowest BCUT2D eigenvalue weighted by Crippen LogP contribution is -1.96. The number of halogens is 5. The van der Waals surface area contributed by atoms with E-state index in [0.717, 1.165) is 0 Å². The van der Waals surface area contributed by atoms with Gasteiger partial charge in [0.15, 0.2) is 17.5 Å². The molecule has 0 bridgehead atoms. The van der Waals surface area contributed by atoms with Crippen LogP contribution < -0.4 is 0 Å². The highest BCUT2D eigenvalue weighted by Crippen LogP contribution is 2.28. The van der Waals surface area contributed by atoms with Gasteiger partial charge in [-0.15, -0.1) is 0 Å². The van der Waals surface area contributed by atoms with Crippen LogP contribution in [0.1, 0.15) is 0 Å². The molecule has 0 unspecified atom stereocenters. The van der Waals surface area contributed by atoms with E-state index < -0.39 is 33.5 Å². The lowest BCUT2D eigenvalue weighted by Gasteiger charge is -2.03. The maximum absolute atomic E-state index is 13.2. The summed E-state index contributed by atoms with van der Waals surface area (Å²) in [6, 6.07) is 0.372. The van der Waals surface area contributed by atoms with Gasteiger partial charge in [0.05, 0.1) is 5.39 Å². The van der Waals surface area contributed by atoms with Gasteiger partial charge in [0.2, 0.25) is 5.28 Å². The molecule has 0 N–H and O–H groups in total. The van der Waals surface area contributed by atoms with Crippen molar-refractivity contribution in [2.24, 2.45) is 0 Å². The molecule has 1 heterocycles. The van der Waals surface area contributed by atoms with E-state index in [0.29, 0.717) is 6.07 Å². The molecule has 0 spiro atoms. The van der Waals surface area contributed by atoms with Crippen molar-refractivity contribution >= 4 is 34.1 Å². The molecular weight excluding hydrogens is 252 g/mol. The van der Waals surface area contributed by atoms with E-state index >= 15 is 0 Å². The van der Waals surface area contributed by atoms with Gasteiger partial charge in [0.25, 0.3) is 0 Å². The second-order valence-electron chi connectivity index (χ2n) is 2.66. The van der Waals surface area contributed by atoms with Gasteiger partial charge >= 0.3 is 0 Å². The summed E-state index contributed by atoms with van der Waals surface area (Å²) >= 11 is 10.9. The van der Waals surface area contributed by atoms with Crippen molar-refractivity contribution in [1.29, 1.82) is 0 Å². The Bertz CT molecular complexity index is 559. The van der Waals surface area contributed by atoms with Crippen LogP contribution in [0, 0.1) is 17.5 Å². The van der Waals surface area contributed by atoms with Crippen molar-refractivity contribution in [1.82, 2.24) is 9.97 Å². The van der Waals surface area contributed by atoms with E-state index in [-0.39, 0.29) is 5.28 Å². The first-order valence-electron chi connectivity index (χ1n) is 3.67. The minimum absolute atomic E-state index is 0.336. The summed E-state index contributed by atoms with van der Waals surface area (Å²) in [5.74, 6) is -3.70. The molecule has 7 heteroatoms. The lowest BCUT2D eigenvalue weighted by atomic mass is 10.2. The maximum Gasteiger partial charge on any atom is 0.224 e. The summed E-state index contributed by atoms with van der Waals surface area (Å²) in [5, 5.41) is -1.28. The summed E-state index contributed by atoms with van der Waals surface area (Å²) in [6.07, 6.45) is 0. The summed E-state index contributed by atoms with van der Waals surface area (Å²) in [5.41, 5.74) is -0.445. The monoisotopic (exact) mass is 252 g/mol. The van der Waals surface area contributed by atoms with Crippen molar-refractivity contribution < 1.29 is 13.2 Å². The van der Waals surface area contributed by atoms with Crippen LogP contribution in [0.15, 0.2) is 6.07 Å². The second kappa shape index (κ2) is 3.50. The molecule has 2 aromatic rings. The quantitative estimate of drug-likeness (QED) is 0.408. The van der Waals surface area contributed by atoms with E-state index in [4.69, 9.17) is 23.2 Å². The number of rotatable bonds is 0. The van der Waals surface area contributed by atoms with Gasteiger partial charge in [-0.3, -0.25) is 0 Å². The minimum Gasteiger partial charge on any atom is -0.215 e. The fourth-order valence-corrected chi connectivity index (χ4v) is 1.60. The van der Waals surface area contributed by atoms with Crippen LogP contribution in [0.25, 0.3) is 10.9 Å². The van der Waals surface area contributed by atoms with Gasteiger partial charge in [-0.2, -0.15) is 0 Å². The Labute approximate surface area is 91.7 Å². The Morgan fingerprint density at radius 1 is 1.00 bits per heavy atom. The Kier molecular flexibility index (Phi) is 2.44. The highest BCUT2D eigenvalue weighted by atomic mass is 35.5. The average molecular weight is 253 g/mol. The van der Waals surface area contributed by atoms with E-state index in [9.17, 15) is 13.2 Å². The van der Waals surface area contributed by atoms with Gasteiger partial charge in [-0.05, 0) is 11.6 Å². The molecule has 15 heavy (non-hydrogen) atoms. The van der Waals surface area contributed by atoms with Gasteiger partial charge in [0, 0.05) is 6.07 Å². The second-order valence-corrected chi connectivity index (χ2v) is 3.36. The first kappa shape index (κ1) is 10.4. The van der Waals surface area contributed by atoms with E-state index in [1.54, 1.807) is 0 Å². The van der Waals surface area contributed by atoms with Crippen LogP contribution in [-0.2, 0) is 0 Å². The first-order valence-corrected chi connectivity index (χ1v) is 4.42. The molecule has 2 nitrogen and oxygen atoms in total. The molecule has 0 fully saturated rings. The Hall–Kier alpha value is -1.07. The van der Waals surface area contributed by atoms with Crippen molar-refractivity contribution in [2.75, 3.05) is 0 Å². The third-order valence-electron chi connectivity index (χ3n) is 1.75.